The van der Waals surface area contributed by atoms with Gasteiger partial charge in [0.25, 0.3) is 0 Å². The van der Waals surface area contributed by atoms with Crippen LogP contribution in [0.25, 0.3) is 11.3 Å². The van der Waals surface area contributed by atoms with E-state index in [9.17, 15) is 13.2 Å². The summed E-state index contributed by atoms with van der Waals surface area (Å²) in [5, 5.41) is 0.703. The van der Waals surface area contributed by atoms with Gasteiger partial charge < -0.3 is 9.88 Å². The van der Waals surface area contributed by atoms with Crippen molar-refractivity contribution in [3.05, 3.63) is 76.4 Å². The molecule has 0 aliphatic carbocycles. The summed E-state index contributed by atoms with van der Waals surface area (Å²) in [6, 6.07) is 15.5. The van der Waals surface area contributed by atoms with Crippen LogP contribution in [0, 0.1) is 6.92 Å². The monoisotopic (exact) mass is 433 g/mol. The molecule has 4 rings (SSSR count). The van der Waals surface area contributed by atoms with E-state index in [4.69, 9.17) is 11.6 Å². The summed E-state index contributed by atoms with van der Waals surface area (Å²) in [6.07, 6.45) is -4.32. The van der Waals surface area contributed by atoms with Gasteiger partial charge in [0.1, 0.15) is 0 Å². The maximum Gasteiger partial charge on any atom is 0.416 e. The van der Waals surface area contributed by atoms with E-state index in [1.807, 2.05) is 36.1 Å². The average molecular weight is 434 g/mol. The number of nitrogens with zero attached hydrogens (tertiary/aromatic N) is 2. The molecule has 0 unspecified atom stereocenters. The summed E-state index contributed by atoms with van der Waals surface area (Å²) in [5.74, 6) is 0. The second kappa shape index (κ2) is 8.36. The first-order valence-electron chi connectivity index (χ1n) is 9.88. The number of aryl methyl sites for hydroxylation is 1. The lowest BCUT2D eigenvalue weighted by Gasteiger charge is -2.36. The number of alkyl halides is 3. The Morgan fingerprint density at radius 1 is 0.967 bits per heavy atom. The zero-order valence-corrected chi connectivity index (χ0v) is 17.4. The van der Waals surface area contributed by atoms with E-state index in [2.05, 4.69) is 16.0 Å². The number of halogens is 4. The van der Waals surface area contributed by atoms with Crippen LogP contribution in [0.1, 0.15) is 16.8 Å². The van der Waals surface area contributed by atoms with Gasteiger partial charge in [0.05, 0.1) is 11.3 Å². The highest BCUT2D eigenvalue weighted by atomic mass is 35.5. The summed E-state index contributed by atoms with van der Waals surface area (Å²) in [4.78, 5) is 7.80. The standard InChI is InChI=1S/C23H23ClF3N3/c1-16-13-18(22(28-16)17-5-7-20(24)8-6-17)15-29-9-11-30(12-10-29)21-4-2-3-19(14-21)23(25,26)27/h2-8,13-14,28H,9-12,15H2,1H3. The van der Waals surface area contributed by atoms with Crippen LogP contribution in [0.3, 0.4) is 0 Å². The quantitative estimate of drug-likeness (QED) is 0.546. The third kappa shape index (κ3) is 4.65. The van der Waals surface area contributed by atoms with Crippen molar-refractivity contribution >= 4 is 17.3 Å². The summed E-state index contributed by atoms with van der Waals surface area (Å²) in [5.41, 5.74) is 4.51. The molecule has 1 aromatic heterocycles. The molecule has 3 nitrogen and oxygen atoms in total. The van der Waals surface area contributed by atoms with Crippen LogP contribution in [-0.2, 0) is 12.7 Å². The van der Waals surface area contributed by atoms with Gasteiger partial charge in [-0.3, -0.25) is 4.90 Å². The summed E-state index contributed by atoms with van der Waals surface area (Å²) in [7, 11) is 0. The molecule has 158 valence electrons. The van der Waals surface area contributed by atoms with Crippen LogP contribution in [0.2, 0.25) is 5.02 Å². The molecule has 0 amide bonds. The Hall–Kier alpha value is -2.44. The van der Waals surface area contributed by atoms with Crippen molar-refractivity contribution in [1.29, 1.82) is 0 Å². The van der Waals surface area contributed by atoms with Crippen LogP contribution in [-0.4, -0.2) is 36.1 Å². The SMILES string of the molecule is Cc1cc(CN2CCN(c3cccc(C(F)(F)F)c3)CC2)c(-c2ccc(Cl)cc2)[nH]1. The van der Waals surface area contributed by atoms with Crippen molar-refractivity contribution in [3.8, 4) is 11.3 Å². The molecule has 0 radical (unpaired) electrons. The average Bonchev–Trinajstić information content (AvgIpc) is 3.08. The lowest BCUT2D eigenvalue weighted by atomic mass is 10.1. The van der Waals surface area contributed by atoms with Gasteiger partial charge in [0.15, 0.2) is 0 Å². The Morgan fingerprint density at radius 3 is 2.33 bits per heavy atom. The second-order valence-electron chi connectivity index (χ2n) is 7.67. The van der Waals surface area contributed by atoms with E-state index < -0.39 is 11.7 Å². The molecule has 3 aromatic rings. The molecule has 0 spiro atoms. The first-order chi connectivity index (χ1) is 14.3. The van der Waals surface area contributed by atoms with Crippen LogP contribution in [0.4, 0.5) is 18.9 Å². The molecule has 30 heavy (non-hydrogen) atoms. The predicted octanol–water partition coefficient (Wildman–Crippen LogP) is 5.98. The van der Waals surface area contributed by atoms with Gasteiger partial charge in [-0.1, -0.05) is 29.8 Å². The van der Waals surface area contributed by atoms with Crippen molar-refractivity contribution < 1.29 is 13.2 Å². The molecule has 7 heteroatoms. The maximum absolute atomic E-state index is 13.0. The lowest BCUT2D eigenvalue weighted by molar-refractivity contribution is -0.137. The summed E-state index contributed by atoms with van der Waals surface area (Å²) < 4.78 is 39.0. The fourth-order valence-electron chi connectivity index (χ4n) is 3.93. The van der Waals surface area contributed by atoms with Gasteiger partial charge >= 0.3 is 6.18 Å². The van der Waals surface area contributed by atoms with E-state index >= 15 is 0 Å². The van der Waals surface area contributed by atoms with Gasteiger partial charge in [-0.2, -0.15) is 13.2 Å². The lowest BCUT2D eigenvalue weighted by Crippen LogP contribution is -2.46. The molecule has 1 saturated heterocycles. The number of benzene rings is 2. The minimum Gasteiger partial charge on any atom is -0.369 e. The maximum atomic E-state index is 13.0. The van der Waals surface area contributed by atoms with Crippen molar-refractivity contribution in [2.45, 2.75) is 19.6 Å². The molecule has 2 aromatic carbocycles. The third-order valence-corrected chi connectivity index (χ3v) is 5.72. The van der Waals surface area contributed by atoms with Crippen LogP contribution >= 0.6 is 11.6 Å². The van der Waals surface area contributed by atoms with Gasteiger partial charge in [-0.15, -0.1) is 0 Å². The molecule has 1 N–H and O–H groups in total. The molecule has 0 bridgehead atoms. The van der Waals surface area contributed by atoms with Crippen molar-refractivity contribution in [2.75, 3.05) is 31.1 Å². The number of rotatable bonds is 4. The highest BCUT2D eigenvalue weighted by molar-refractivity contribution is 6.30. The van der Waals surface area contributed by atoms with E-state index in [0.29, 0.717) is 23.8 Å². The van der Waals surface area contributed by atoms with Crippen molar-refractivity contribution in [1.82, 2.24) is 9.88 Å². The minimum absolute atomic E-state index is 0.599. The molecule has 2 heterocycles. The first-order valence-corrected chi connectivity index (χ1v) is 10.3. The fraction of sp³-hybridized carbons (Fsp3) is 0.304. The molecule has 1 fully saturated rings. The predicted molar refractivity (Wildman–Crippen MR) is 115 cm³/mol. The molecule has 0 atom stereocenters. The van der Waals surface area contributed by atoms with Gasteiger partial charge in [0, 0.05) is 49.1 Å². The summed E-state index contributed by atoms with van der Waals surface area (Å²) in [6.45, 7) is 5.80. The van der Waals surface area contributed by atoms with E-state index in [0.717, 1.165) is 42.7 Å². The first kappa shape index (κ1) is 20.8. The zero-order chi connectivity index (χ0) is 21.3. The number of hydrogen-bond acceptors (Lipinski definition) is 2. The van der Waals surface area contributed by atoms with Crippen LogP contribution in [0.5, 0.6) is 0 Å². The van der Waals surface area contributed by atoms with Crippen molar-refractivity contribution in [3.63, 3.8) is 0 Å². The molecule has 0 saturated carbocycles. The summed E-state index contributed by atoms with van der Waals surface area (Å²) >= 11 is 6.01. The number of nitrogens with one attached hydrogen (secondary N) is 1. The Kier molecular flexibility index (Phi) is 5.80. The highest BCUT2D eigenvalue weighted by Gasteiger charge is 2.31. The third-order valence-electron chi connectivity index (χ3n) is 5.47. The highest BCUT2D eigenvalue weighted by Crippen LogP contribution is 2.32. The second-order valence-corrected chi connectivity index (χ2v) is 8.11. The number of hydrogen-bond donors (Lipinski definition) is 1. The Morgan fingerprint density at radius 2 is 1.67 bits per heavy atom. The van der Waals surface area contributed by atoms with Crippen LogP contribution < -0.4 is 4.90 Å². The van der Waals surface area contributed by atoms with Crippen molar-refractivity contribution in [2.24, 2.45) is 0 Å². The van der Waals surface area contributed by atoms with E-state index in [1.54, 1.807) is 6.07 Å². The van der Waals surface area contributed by atoms with Gasteiger partial charge in [0.2, 0.25) is 0 Å². The smallest absolute Gasteiger partial charge is 0.369 e. The Bertz CT molecular complexity index is 1000. The fourth-order valence-corrected chi connectivity index (χ4v) is 4.06. The van der Waals surface area contributed by atoms with E-state index in [1.165, 1.54) is 17.7 Å². The number of H-pyrrole nitrogens is 1. The molecule has 1 aliphatic rings. The Balaban J connectivity index is 1.43. The normalized spacial score (nSPS) is 15.6. The zero-order valence-electron chi connectivity index (χ0n) is 16.6. The number of piperazine rings is 1. The number of anilines is 1. The molecular weight excluding hydrogens is 411 g/mol. The van der Waals surface area contributed by atoms with Gasteiger partial charge in [-0.25, -0.2) is 0 Å². The van der Waals surface area contributed by atoms with Gasteiger partial charge in [-0.05, 0) is 54.4 Å². The topological polar surface area (TPSA) is 22.3 Å². The Labute approximate surface area is 179 Å². The molecule has 1 aliphatic heterocycles. The number of aromatic amines is 1. The largest absolute Gasteiger partial charge is 0.416 e. The van der Waals surface area contributed by atoms with Crippen LogP contribution in [0.15, 0.2) is 54.6 Å². The number of aromatic nitrogens is 1. The minimum atomic E-state index is -4.32. The van der Waals surface area contributed by atoms with E-state index in [-0.39, 0.29) is 0 Å². The molecular formula is C23H23ClF3N3.